The third-order valence-corrected chi connectivity index (χ3v) is 4.58. The first-order valence-electron chi connectivity index (χ1n) is 8.32. The molecule has 0 bridgehead atoms. The highest BCUT2D eigenvalue weighted by atomic mass is 16.6. The summed E-state index contributed by atoms with van der Waals surface area (Å²) in [6, 6.07) is 18.7. The molecule has 1 aliphatic heterocycles. The number of carbonyl (C=O) groups is 2. The number of benzene rings is 2. The number of carbonyl (C=O) groups excluding carboxylic acids is 2. The van der Waals surface area contributed by atoms with Gasteiger partial charge >= 0.3 is 6.09 Å². The van der Waals surface area contributed by atoms with Gasteiger partial charge in [-0.2, -0.15) is 0 Å². The zero-order valence-electron chi connectivity index (χ0n) is 13.7. The molecule has 1 atom stereocenters. The molecule has 1 aromatic heterocycles. The number of ether oxygens (including phenoxy) is 1. The number of amides is 1. The Kier molecular flexibility index (Phi) is 3.98. The van der Waals surface area contributed by atoms with E-state index in [-0.39, 0.29) is 12.5 Å². The van der Waals surface area contributed by atoms with Crippen molar-refractivity contribution in [3.8, 4) is 0 Å². The second-order valence-electron chi connectivity index (χ2n) is 6.12. The number of nitrogens with zero attached hydrogens (tertiary/aromatic N) is 2. The molecule has 2 aromatic carbocycles. The smallest absolute Gasteiger partial charge is 0.410 e. The van der Waals surface area contributed by atoms with Gasteiger partial charge in [-0.3, -0.25) is 14.3 Å². The van der Waals surface area contributed by atoms with Crippen LogP contribution in [-0.2, 0) is 11.3 Å². The molecule has 0 saturated carbocycles. The van der Waals surface area contributed by atoms with E-state index in [2.05, 4.69) is 0 Å². The van der Waals surface area contributed by atoms with E-state index >= 15 is 0 Å². The highest BCUT2D eigenvalue weighted by Gasteiger charge is 2.39. The van der Waals surface area contributed by atoms with Crippen molar-refractivity contribution in [2.24, 2.45) is 0 Å². The molecule has 1 saturated heterocycles. The van der Waals surface area contributed by atoms with Crippen molar-refractivity contribution in [2.75, 3.05) is 6.54 Å². The maximum atomic E-state index is 12.8. The standard InChI is InChI=1S/C20H18N2O3/c23-19(21-12-10-16-8-4-5-9-17(16)21)18-11-13-22(18)20(24)25-14-15-6-2-1-3-7-15/h1-10,12,18H,11,13-14H2/t18-/m1/s1. The molecule has 126 valence electrons. The molecular weight excluding hydrogens is 316 g/mol. The van der Waals surface area contributed by atoms with Crippen LogP contribution >= 0.6 is 0 Å². The SMILES string of the molecule is O=C(OCc1ccccc1)N1CC[C@@H]1C(=O)n1ccc2ccccc21. The monoisotopic (exact) mass is 334 g/mol. The maximum Gasteiger partial charge on any atom is 0.410 e. The van der Waals surface area contributed by atoms with E-state index in [1.165, 1.54) is 4.90 Å². The van der Waals surface area contributed by atoms with Crippen LogP contribution in [0.3, 0.4) is 0 Å². The minimum atomic E-state index is -0.459. The van der Waals surface area contributed by atoms with Gasteiger partial charge < -0.3 is 4.74 Å². The van der Waals surface area contributed by atoms with E-state index in [9.17, 15) is 9.59 Å². The summed E-state index contributed by atoms with van der Waals surface area (Å²) in [4.78, 5) is 26.6. The molecule has 2 heterocycles. The molecular formula is C20H18N2O3. The number of rotatable bonds is 3. The fraction of sp³-hybridized carbons (Fsp3) is 0.200. The minimum absolute atomic E-state index is 0.0934. The summed E-state index contributed by atoms with van der Waals surface area (Å²) < 4.78 is 6.96. The van der Waals surface area contributed by atoms with Crippen molar-refractivity contribution in [1.29, 1.82) is 0 Å². The van der Waals surface area contributed by atoms with Gasteiger partial charge in [-0.1, -0.05) is 48.5 Å². The van der Waals surface area contributed by atoms with Crippen LogP contribution in [0.15, 0.2) is 66.9 Å². The average molecular weight is 334 g/mol. The molecule has 0 aliphatic carbocycles. The fourth-order valence-electron chi connectivity index (χ4n) is 3.10. The average Bonchev–Trinajstić information content (AvgIpc) is 3.04. The lowest BCUT2D eigenvalue weighted by Gasteiger charge is -2.38. The largest absolute Gasteiger partial charge is 0.445 e. The Morgan fingerprint density at radius 3 is 2.52 bits per heavy atom. The lowest BCUT2D eigenvalue weighted by molar-refractivity contribution is 0.0334. The van der Waals surface area contributed by atoms with E-state index < -0.39 is 12.1 Å². The molecule has 25 heavy (non-hydrogen) atoms. The Morgan fingerprint density at radius 1 is 1.00 bits per heavy atom. The molecule has 3 aromatic rings. The molecule has 0 N–H and O–H groups in total. The molecule has 5 heteroatoms. The zero-order valence-corrected chi connectivity index (χ0v) is 13.7. The summed E-state index contributed by atoms with van der Waals surface area (Å²) in [5, 5.41) is 1.01. The van der Waals surface area contributed by atoms with Crippen molar-refractivity contribution >= 4 is 22.9 Å². The Hall–Kier alpha value is -3.08. The van der Waals surface area contributed by atoms with Gasteiger partial charge in [-0.15, -0.1) is 0 Å². The molecule has 4 rings (SSSR count). The first-order chi connectivity index (χ1) is 12.2. The predicted octanol–water partition coefficient (Wildman–Crippen LogP) is 3.69. The third-order valence-electron chi connectivity index (χ3n) is 4.58. The van der Waals surface area contributed by atoms with Gasteiger partial charge in [0, 0.05) is 18.1 Å². The highest BCUT2D eigenvalue weighted by molar-refractivity contribution is 5.96. The normalized spacial score (nSPS) is 16.5. The molecule has 5 nitrogen and oxygen atoms in total. The van der Waals surface area contributed by atoms with E-state index in [1.54, 1.807) is 10.8 Å². The van der Waals surface area contributed by atoms with Gasteiger partial charge in [0.05, 0.1) is 5.52 Å². The number of hydrogen-bond donors (Lipinski definition) is 0. The van der Waals surface area contributed by atoms with Crippen LogP contribution in [-0.4, -0.2) is 34.1 Å². The van der Waals surface area contributed by atoms with Crippen LogP contribution in [0.25, 0.3) is 10.9 Å². The lowest BCUT2D eigenvalue weighted by Crippen LogP contribution is -2.56. The molecule has 0 unspecified atom stereocenters. The maximum absolute atomic E-state index is 12.8. The Bertz CT molecular complexity index is 917. The summed E-state index contributed by atoms with van der Waals surface area (Å²) in [7, 11) is 0. The summed E-state index contributed by atoms with van der Waals surface area (Å²) >= 11 is 0. The summed E-state index contributed by atoms with van der Waals surface area (Å²) in [5.74, 6) is -0.0934. The number of aromatic nitrogens is 1. The van der Waals surface area contributed by atoms with Crippen molar-refractivity contribution in [3.63, 3.8) is 0 Å². The van der Waals surface area contributed by atoms with E-state index in [0.717, 1.165) is 16.5 Å². The number of fused-ring (bicyclic) bond motifs is 1. The van der Waals surface area contributed by atoms with Gasteiger partial charge in [0.2, 0.25) is 0 Å². The first kappa shape index (κ1) is 15.4. The van der Waals surface area contributed by atoms with Crippen molar-refractivity contribution in [1.82, 2.24) is 9.47 Å². The van der Waals surface area contributed by atoms with Crippen molar-refractivity contribution in [2.45, 2.75) is 19.1 Å². The Labute approximate surface area is 145 Å². The number of likely N-dealkylation sites (tertiary alicyclic amines) is 1. The van der Waals surface area contributed by atoms with Crippen LogP contribution in [0.5, 0.6) is 0 Å². The second-order valence-corrected chi connectivity index (χ2v) is 6.12. The van der Waals surface area contributed by atoms with E-state index in [4.69, 9.17) is 4.74 Å². The van der Waals surface area contributed by atoms with E-state index in [1.807, 2.05) is 60.7 Å². The van der Waals surface area contributed by atoms with Crippen LogP contribution in [0.4, 0.5) is 4.79 Å². The van der Waals surface area contributed by atoms with Crippen LogP contribution in [0.2, 0.25) is 0 Å². The van der Waals surface area contributed by atoms with Gasteiger partial charge in [0.25, 0.3) is 5.91 Å². The van der Waals surface area contributed by atoms with Gasteiger partial charge in [-0.25, -0.2) is 4.79 Å². The molecule has 0 spiro atoms. The number of para-hydroxylation sites is 1. The summed E-state index contributed by atoms with van der Waals surface area (Å²) in [6.07, 6.45) is 1.98. The molecule has 1 fully saturated rings. The van der Waals surface area contributed by atoms with Crippen molar-refractivity contribution in [3.05, 3.63) is 72.4 Å². The first-order valence-corrected chi connectivity index (χ1v) is 8.32. The third kappa shape index (κ3) is 2.89. The van der Waals surface area contributed by atoms with Gasteiger partial charge in [-0.05, 0) is 24.1 Å². The summed E-state index contributed by atoms with van der Waals surface area (Å²) in [6.45, 7) is 0.757. The highest BCUT2D eigenvalue weighted by Crippen LogP contribution is 2.23. The molecule has 1 aliphatic rings. The van der Waals surface area contributed by atoms with Gasteiger partial charge in [0.15, 0.2) is 0 Å². The molecule has 0 radical (unpaired) electrons. The Morgan fingerprint density at radius 2 is 1.76 bits per heavy atom. The topological polar surface area (TPSA) is 51.5 Å². The lowest BCUT2D eigenvalue weighted by atomic mass is 10.0. The fourth-order valence-corrected chi connectivity index (χ4v) is 3.10. The summed E-state index contributed by atoms with van der Waals surface area (Å²) in [5.41, 5.74) is 1.78. The van der Waals surface area contributed by atoms with Crippen LogP contribution in [0.1, 0.15) is 16.8 Å². The van der Waals surface area contributed by atoms with Crippen LogP contribution < -0.4 is 0 Å². The quantitative estimate of drug-likeness (QED) is 0.734. The van der Waals surface area contributed by atoms with Crippen molar-refractivity contribution < 1.29 is 14.3 Å². The minimum Gasteiger partial charge on any atom is -0.445 e. The van der Waals surface area contributed by atoms with E-state index in [0.29, 0.717) is 13.0 Å². The van der Waals surface area contributed by atoms with Crippen LogP contribution in [0, 0.1) is 0 Å². The Balaban J connectivity index is 1.44. The molecule has 1 amide bonds. The van der Waals surface area contributed by atoms with Gasteiger partial charge in [0.1, 0.15) is 12.6 Å². The number of hydrogen-bond acceptors (Lipinski definition) is 3. The second kappa shape index (κ2) is 6.43. The predicted molar refractivity (Wildman–Crippen MR) is 94.3 cm³/mol. The zero-order chi connectivity index (χ0) is 17.2.